The third-order valence-electron chi connectivity index (χ3n) is 1.87. The highest BCUT2D eigenvalue weighted by molar-refractivity contribution is 7.10. The van der Waals surface area contributed by atoms with Crippen LogP contribution in [0.25, 0.3) is 10.4 Å². The Balaban J connectivity index is 2.53. The largest absolute Gasteiger partial charge is 0.505 e. The minimum atomic E-state index is 0.302. The molecule has 1 heterocycles. The number of hydrogen-bond donors (Lipinski definition) is 1. The van der Waals surface area contributed by atoms with E-state index in [4.69, 9.17) is 0 Å². The average molecular weight is 191 g/mol. The summed E-state index contributed by atoms with van der Waals surface area (Å²) in [5.41, 5.74) is 1.72. The molecule has 1 aromatic carbocycles. The third kappa shape index (κ3) is 1.42. The fraction of sp³-hybridized carbons (Fsp3) is 0.100. The first kappa shape index (κ1) is 8.26. The molecule has 2 aromatic rings. The molecule has 13 heavy (non-hydrogen) atoms. The van der Waals surface area contributed by atoms with Gasteiger partial charge in [-0.1, -0.05) is 30.3 Å². The molecule has 0 unspecified atom stereocenters. The van der Waals surface area contributed by atoms with Gasteiger partial charge >= 0.3 is 0 Å². The summed E-state index contributed by atoms with van der Waals surface area (Å²) in [6, 6.07) is 9.78. The van der Waals surface area contributed by atoms with Crippen LogP contribution in [0.2, 0.25) is 0 Å². The van der Waals surface area contributed by atoms with Gasteiger partial charge in [-0.25, -0.2) is 0 Å². The van der Waals surface area contributed by atoms with Crippen LogP contribution in [0.3, 0.4) is 0 Å². The van der Waals surface area contributed by atoms with Crippen molar-refractivity contribution in [3.63, 3.8) is 0 Å². The zero-order valence-electron chi connectivity index (χ0n) is 7.19. The van der Waals surface area contributed by atoms with E-state index in [2.05, 4.69) is 4.37 Å². The van der Waals surface area contributed by atoms with Crippen LogP contribution < -0.4 is 0 Å². The molecule has 1 N–H and O–H groups in total. The molecular formula is C10H9NOS. The monoisotopic (exact) mass is 191 g/mol. The molecule has 0 bridgehead atoms. The highest BCUT2D eigenvalue weighted by Gasteiger charge is 2.09. The van der Waals surface area contributed by atoms with E-state index >= 15 is 0 Å². The quantitative estimate of drug-likeness (QED) is 0.751. The maximum Gasteiger partial charge on any atom is 0.157 e. The Morgan fingerprint density at radius 3 is 2.46 bits per heavy atom. The SMILES string of the molecule is Cc1nsc(-c2ccccc2)c1O. The molecular weight excluding hydrogens is 182 g/mol. The minimum Gasteiger partial charge on any atom is -0.505 e. The van der Waals surface area contributed by atoms with Crippen LogP contribution in [0.15, 0.2) is 30.3 Å². The van der Waals surface area contributed by atoms with Crippen LogP contribution in [-0.2, 0) is 0 Å². The topological polar surface area (TPSA) is 33.1 Å². The first-order chi connectivity index (χ1) is 6.29. The van der Waals surface area contributed by atoms with Gasteiger partial charge in [-0.2, -0.15) is 4.37 Å². The number of nitrogens with zero attached hydrogens (tertiary/aromatic N) is 1. The number of aromatic nitrogens is 1. The van der Waals surface area contributed by atoms with Crippen molar-refractivity contribution < 1.29 is 5.11 Å². The van der Waals surface area contributed by atoms with Crippen LogP contribution in [0.1, 0.15) is 5.69 Å². The smallest absolute Gasteiger partial charge is 0.157 e. The van der Waals surface area contributed by atoms with Gasteiger partial charge < -0.3 is 5.11 Å². The van der Waals surface area contributed by atoms with Gasteiger partial charge in [-0.3, -0.25) is 0 Å². The maximum absolute atomic E-state index is 9.64. The molecule has 0 aliphatic carbocycles. The van der Waals surface area contributed by atoms with Crippen molar-refractivity contribution in [2.45, 2.75) is 6.92 Å². The van der Waals surface area contributed by atoms with E-state index in [1.165, 1.54) is 11.5 Å². The molecule has 0 saturated heterocycles. The van der Waals surface area contributed by atoms with Gasteiger partial charge in [0.1, 0.15) is 0 Å². The normalized spacial score (nSPS) is 10.2. The zero-order valence-corrected chi connectivity index (χ0v) is 8.01. The van der Waals surface area contributed by atoms with E-state index in [-0.39, 0.29) is 0 Å². The first-order valence-corrected chi connectivity index (χ1v) is 4.77. The van der Waals surface area contributed by atoms with Crippen molar-refractivity contribution in [3.8, 4) is 16.2 Å². The lowest BCUT2D eigenvalue weighted by Gasteiger charge is -1.96. The molecule has 0 aliphatic heterocycles. The lowest BCUT2D eigenvalue weighted by atomic mass is 10.2. The number of aromatic hydroxyl groups is 1. The highest BCUT2D eigenvalue weighted by Crippen LogP contribution is 2.34. The molecule has 3 heteroatoms. The molecule has 2 rings (SSSR count). The summed E-state index contributed by atoms with van der Waals surface area (Å²) in [4.78, 5) is 0.845. The van der Waals surface area contributed by atoms with Gasteiger partial charge in [0.25, 0.3) is 0 Å². The number of benzene rings is 1. The van der Waals surface area contributed by atoms with Gasteiger partial charge in [-0.05, 0) is 24.0 Å². The molecule has 0 saturated carbocycles. The summed E-state index contributed by atoms with van der Waals surface area (Å²) < 4.78 is 4.08. The summed E-state index contributed by atoms with van der Waals surface area (Å²) in [6.07, 6.45) is 0. The van der Waals surface area contributed by atoms with Gasteiger partial charge in [-0.15, -0.1) is 0 Å². The molecule has 66 valence electrons. The van der Waals surface area contributed by atoms with Gasteiger partial charge in [0.05, 0.1) is 10.6 Å². The van der Waals surface area contributed by atoms with Gasteiger partial charge in [0.15, 0.2) is 5.75 Å². The second-order valence-corrected chi connectivity index (χ2v) is 3.59. The van der Waals surface area contributed by atoms with E-state index in [1.807, 2.05) is 30.3 Å². The van der Waals surface area contributed by atoms with Crippen LogP contribution in [0, 0.1) is 6.92 Å². The summed E-state index contributed by atoms with van der Waals surface area (Å²) in [5.74, 6) is 0.302. The second kappa shape index (κ2) is 3.18. The van der Waals surface area contributed by atoms with E-state index in [0.717, 1.165) is 10.4 Å². The van der Waals surface area contributed by atoms with Crippen molar-refractivity contribution in [1.29, 1.82) is 0 Å². The Labute approximate surface area is 80.6 Å². The Kier molecular flexibility index (Phi) is 2.02. The zero-order chi connectivity index (χ0) is 9.26. The lowest BCUT2D eigenvalue weighted by Crippen LogP contribution is -1.72. The fourth-order valence-electron chi connectivity index (χ4n) is 1.14. The van der Waals surface area contributed by atoms with Crippen LogP contribution >= 0.6 is 11.5 Å². The standard InChI is InChI=1S/C10H9NOS/c1-7-9(12)10(13-11-7)8-5-3-2-4-6-8/h2-6,12H,1H3. The van der Waals surface area contributed by atoms with Crippen molar-refractivity contribution >= 4 is 11.5 Å². The summed E-state index contributed by atoms with van der Waals surface area (Å²) in [6.45, 7) is 1.80. The molecule has 0 fully saturated rings. The minimum absolute atomic E-state index is 0.302. The van der Waals surface area contributed by atoms with Crippen molar-refractivity contribution in [2.75, 3.05) is 0 Å². The molecule has 0 amide bonds. The molecule has 1 aromatic heterocycles. The molecule has 0 radical (unpaired) electrons. The maximum atomic E-state index is 9.64. The Bertz CT molecular complexity index is 408. The van der Waals surface area contributed by atoms with E-state index in [9.17, 15) is 5.11 Å². The fourth-order valence-corrected chi connectivity index (χ4v) is 1.93. The first-order valence-electron chi connectivity index (χ1n) is 3.99. The Hall–Kier alpha value is -1.35. The summed E-state index contributed by atoms with van der Waals surface area (Å²) >= 11 is 1.33. The Morgan fingerprint density at radius 1 is 1.23 bits per heavy atom. The highest BCUT2D eigenvalue weighted by atomic mass is 32.1. The number of aryl methyl sites for hydroxylation is 1. The van der Waals surface area contributed by atoms with Crippen LogP contribution in [0.5, 0.6) is 5.75 Å². The summed E-state index contributed by atoms with van der Waals surface area (Å²) in [5, 5.41) is 9.64. The second-order valence-electron chi connectivity index (χ2n) is 2.81. The third-order valence-corrected chi connectivity index (χ3v) is 2.84. The van der Waals surface area contributed by atoms with Gasteiger partial charge in [0.2, 0.25) is 0 Å². The molecule has 0 atom stereocenters. The predicted molar refractivity (Wildman–Crippen MR) is 54.0 cm³/mol. The van der Waals surface area contributed by atoms with E-state index in [1.54, 1.807) is 6.92 Å². The van der Waals surface area contributed by atoms with Crippen molar-refractivity contribution in [3.05, 3.63) is 36.0 Å². The predicted octanol–water partition coefficient (Wildman–Crippen LogP) is 2.82. The average Bonchev–Trinajstić information content (AvgIpc) is 2.49. The van der Waals surface area contributed by atoms with Gasteiger partial charge in [0, 0.05) is 0 Å². The van der Waals surface area contributed by atoms with Crippen LogP contribution in [0.4, 0.5) is 0 Å². The Morgan fingerprint density at radius 2 is 1.92 bits per heavy atom. The van der Waals surface area contributed by atoms with E-state index < -0.39 is 0 Å². The number of hydrogen-bond acceptors (Lipinski definition) is 3. The molecule has 0 spiro atoms. The lowest BCUT2D eigenvalue weighted by molar-refractivity contribution is 0.473. The summed E-state index contributed by atoms with van der Waals surface area (Å²) in [7, 11) is 0. The molecule has 2 nitrogen and oxygen atoms in total. The number of rotatable bonds is 1. The van der Waals surface area contributed by atoms with Crippen molar-refractivity contribution in [2.24, 2.45) is 0 Å². The van der Waals surface area contributed by atoms with E-state index in [0.29, 0.717) is 11.4 Å². The molecule has 0 aliphatic rings. The van der Waals surface area contributed by atoms with Crippen molar-refractivity contribution in [1.82, 2.24) is 4.37 Å². The van der Waals surface area contributed by atoms with Crippen LogP contribution in [-0.4, -0.2) is 9.48 Å².